The maximum Gasteiger partial charge on any atom is 0.314 e. The first kappa shape index (κ1) is 9.20. The quantitative estimate of drug-likeness (QED) is 0.440. The Bertz CT molecular complexity index is 489. The van der Waals surface area contributed by atoms with Gasteiger partial charge in [-0.2, -0.15) is 5.10 Å². The van der Waals surface area contributed by atoms with E-state index in [9.17, 15) is 10.1 Å². The molecule has 6 heteroatoms. The summed E-state index contributed by atoms with van der Waals surface area (Å²) >= 11 is 0. The number of benzene rings is 1. The molecule has 0 bridgehead atoms. The Labute approximate surface area is 84.9 Å². The molecule has 0 fully saturated rings. The van der Waals surface area contributed by atoms with Crippen molar-refractivity contribution in [2.24, 2.45) is 0 Å². The van der Waals surface area contributed by atoms with E-state index in [1.54, 1.807) is 24.3 Å². The van der Waals surface area contributed by atoms with E-state index in [0.29, 0.717) is 16.9 Å². The average Bonchev–Trinajstić information content (AvgIpc) is 2.67. The Hall–Kier alpha value is -2.37. The van der Waals surface area contributed by atoms with Gasteiger partial charge in [0.05, 0.1) is 4.92 Å². The normalized spacial score (nSPS) is 10.1. The Kier molecular flexibility index (Phi) is 2.09. The van der Waals surface area contributed by atoms with Crippen molar-refractivity contribution >= 4 is 11.4 Å². The first-order chi connectivity index (χ1) is 7.18. The predicted octanol–water partition coefficient (Wildman–Crippen LogP) is 1.57. The molecule has 0 aliphatic carbocycles. The van der Waals surface area contributed by atoms with Crippen LogP contribution < -0.4 is 5.73 Å². The highest BCUT2D eigenvalue weighted by Crippen LogP contribution is 2.27. The summed E-state index contributed by atoms with van der Waals surface area (Å²) in [4.78, 5) is 10.2. The molecule has 1 aromatic carbocycles. The topological polar surface area (TPSA) is 97.8 Å². The van der Waals surface area contributed by atoms with Gasteiger partial charge in [0.1, 0.15) is 11.9 Å². The molecule has 6 nitrogen and oxygen atoms in total. The number of nitrogens with zero attached hydrogens (tertiary/aromatic N) is 2. The van der Waals surface area contributed by atoms with Crippen LogP contribution in [0.5, 0.6) is 0 Å². The molecule has 3 N–H and O–H groups in total. The van der Waals surface area contributed by atoms with E-state index >= 15 is 0 Å². The number of hydrogen-bond acceptors (Lipinski definition) is 4. The van der Waals surface area contributed by atoms with Crippen LogP contribution in [0.15, 0.2) is 30.5 Å². The molecular weight excluding hydrogens is 196 g/mol. The van der Waals surface area contributed by atoms with E-state index in [1.807, 2.05) is 0 Å². The van der Waals surface area contributed by atoms with Crippen molar-refractivity contribution < 1.29 is 4.92 Å². The number of nitrogens with two attached hydrogens (primary N) is 1. The summed E-state index contributed by atoms with van der Waals surface area (Å²) in [5.74, 6) is 0. The molecule has 2 aromatic rings. The average molecular weight is 204 g/mol. The highest BCUT2D eigenvalue weighted by Gasteiger charge is 2.17. The van der Waals surface area contributed by atoms with Crippen LogP contribution in [0, 0.1) is 10.1 Å². The van der Waals surface area contributed by atoms with Crippen LogP contribution in [0.4, 0.5) is 11.4 Å². The van der Waals surface area contributed by atoms with Crippen molar-refractivity contribution in [1.29, 1.82) is 0 Å². The van der Waals surface area contributed by atoms with E-state index in [4.69, 9.17) is 5.73 Å². The van der Waals surface area contributed by atoms with Crippen LogP contribution in [0.3, 0.4) is 0 Å². The molecule has 0 saturated carbocycles. The SMILES string of the molecule is Nc1ccc(-c2[nH]ncc2[N+](=O)[O-])cc1. The lowest BCUT2D eigenvalue weighted by atomic mass is 10.1. The summed E-state index contributed by atoms with van der Waals surface area (Å²) in [6, 6.07) is 6.77. The lowest BCUT2D eigenvalue weighted by Gasteiger charge is -1.97. The van der Waals surface area contributed by atoms with Crippen LogP contribution in [0.2, 0.25) is 0 Å². The molecule has 76 valence electrons. The van der Waals surface area contributed by atoms with Gasteiger partial charge in [-0.05, 0) is 12.1 Å². The van der Waals surface area contributed by atoms with Gasteiger partial charge in [-0.25, -0.2) is 0 Å². The number of hydrogen-bond donors (Lipinski definition) is 2. The minimum atomic E-state index is -0.477. The van der Waals surface area contributed by atoms with Crippen molar-refractivity contribution in [3.05, 3.63) is 40.6 Å². The van der Waals surface area contributed by atoms with Crippen molar-refractivity contribution in [1.82, 2.24) is 10.2 Å². The first-order valence-corrected chi connectivity index (χ1v) is 4.22. The van der Waals surface area contributed by atoms with Crippen LogP contribution in [-0.4, -0.2) is 15.1 Å². The fraction of sp³-hybridized carbons (Fsp3) is 0. The van der Waals surface area contributed by atoms with Gasteiger partial charge in [0.15, 0.2) is 0 Å². The van der Waals surface area contributed by atoms with E-state index in [-0.39, 0.29) is 5.69 Å². The number of nitrogens with one attached hydrogen (secondary N) is 1. The van der Waals surface area contributed by atoms with E-state index in [2.05, 4.69) is 10.2 Å². The highest BCUT2D eigenvalue weighted by molar-refractivity contribution is 5.70. The summed E-state index contributed by atoms with van der Waals surface area (Å²) < 4.78 is 0. The predicted molar refractivity (Wildman–Crippen MR) is 55.1 cm³/mol. The van der Waals surface area contributed by atoms with Gasteiger partial charge in [0, 0.05) is 11.3 Å². The Balaban J connectivity index is 2.49. The molecule has 0 atom stereocenters. The zero-order valence-electron chi connectivity index (χ0n) is 7.68. The first-order valence-electron chi connectivity index (χ1n) is 4.22. The minimum Gasteiger partial charge on any atom is -0.399 e. The lowest BCUT2D eigenvalue weighted by Crippen LogP contribution is -1.89. The molecule has 1 heterocycles. The molecule has 0 aliphatic heterocycles. The van der Waals surface area contributed by atoms with Gasteiger partial charge in [0.25, 0.3) is 0 Å². The zero-order chi connectivity index (χ0) is 10.8. The van der Waals surface area contributed by atoms with Gasteiger partial charge >= 0.3 is 5.69 Å². The third-order valence-corrected chi connectivity index (χ3v) is 2.02. The summed E-state index contributed by atoms with van der Waals surface area (Å²) in [6.45, 7) is 0. The minimum absolute atomic E-state index is 0.0419. The van der Waals surface area contributed by atoms with Crippen molar-refractivity contribution in [2.45, 2.75) is 0 Å². The second kappa shape index (κ2) is 3.41. The third kappa shape index (κ3) is 1.64. The fourth-order valence-corrected chi connectivity index (χ4v) is 1.28. The molecule has 15 heavy (non-hydrogen) atoms. The maximum atomic E-state index is 10.6. The van der Waals surface area contributed by atoms with E-state index < -0.39 is 4.92 Å². The van der Waals surface area contributed by atoms with Crippen molar-refractivity contribution in [3.63, 3.8) is 0 Å². The highest BCUT2D eigenvalue weighted by atomic mass is 16.6. The second-order valence-corrected chi connectivity index (χ2v) is 3.01. The van der Waals surface area contributed by atoms with Gasteiger partial charge in [0.2, 0.25) is 0 Å². The maximum absolute atomic E-state index is 10.6. The number of nitrogen functional groups attached to an aromatic ring is 1. The molecule has 1 aromatic heterocycles. The van der Waals surface area contributed by atoms with Gasteiger partial charge in [-0.15, -0.1) is 0 Å². The van der Waals surface area contributed by atoms with Crippen molar-refractivity contribution in [3.8, 4) is 11.3 Å². The van der Waals surface area contributed by atoms with Gasteiger partial charge in [-0.1, -0.05) is 12.1 Å². The number of nitro groups is 1. The summed E-state index contributed by atoms with van der Waals surface area (Å²) in [7, 11) is 0. The smallest absolute Gasteiger partial charge is 0.314 e. The number of rotatable bonds is 2. The number of anilines is 1. The van der Waals surface area contributed by atoms with Gasteiger partial charge in [-0.3, -0.25) is 15.2 Å². The van der Waals surface area contributed by atoms with Crippen LogP contribution >= 0.6 is 0 Å². The molecule has 0 saturated heterocycles. The second-order valence-electron chi connectivity index (χ2n) is 3.01. The molecule has 0 amide bonds. The summed E-state index contributed by atoms with van der Waals surface area (Å²) in [5.41, 5.74) is 7.17. The Morgan fingerprint density at radius 3 is 2.60 bits per heavy atom. The van der Waals surface area contributed by atoms with E-state index in [1.165, 1.54) is 6.20 Å². The summed E-state index contributed by atoms with van der Waals surface area (Å²) in [6.07, 6.45) is 1.19. The van der Waals surface area contributed by atoms with Crippen LogP contribution in [0.1, 0.15) is 0 Å². The molecule has 0 radical (unpaired) electrons. The zero-order valence-corrected chi connectivity index (χ0v) is 7.68. The molecule has 0 unspecified atom stereocenters. The molecule has 2 rings (SSSR count). The third-order valence-electron chi connectivity index (χ3n) is 2.02. The van der Waals surface area contributed by atoms with Crippen LogP contribution in [0.25, 0.3) is 11.3 Å². The van der Waals surface area contributed by atoms with Gasteiger partial charge < -0.3 is 5.73 Å². The number of aromatic nitrogens is 2. The molecule has 0 spiro atoms. The monoisotopic (exact) mass is 204 g/mol. The van der Waals surface area contributed by atoms with Crippen LogP contribution in [-0.2, 0) is 0 Å². The number of H-pyrrole nitrogens is 1. The Morgan fingerprint density at radius 1 is 1.33 bits per heavy atom. The molecule has 0 aliphatic rings. The van der Waals surface area contributed by atoms with Crippen molar-refractivity contribution in [2.75, 3.05) is 5.73 Å². The largest absolute Gasteiger partial charge is 0.399 e. The molecular formula is C9H8N4O2. The fourth-order valence-electron chi connectivity index (χ4n) is 1.28. The number of aromatic amines is 1. The Morgan fingerprint density at radius 2 is 2.00 bits per heavy atom. The standard InChI is InChI=1S/C9H8N4O2/c10-7-3-1-6(2-4-7)9-8(13(14)15)5-11-12-9/h1-5H,10H2,(H,11,12). The van der Waals surface area contributed by atoms with E-state index in [0.717, 1.165) is 0 Å². The summed E-state index contributed by atoms with van der Waals surface area (Å²) in [5, 5.41) is 16.9. The lowest BCUT2D eigenvalue weighted by molar-refractivity contribution is -0.384.